The van der Waals surface area contributed by atoms with E-state index in [1.807, 2.05) is 0 Å². The van der Waals surface area contributed by atoms with Gasteiger partial charge in [-0.3, -0.25) is 19.7 Å². The van der Waals surface area contributed by atoms with Crippen molar-refractivity contribution in [2.24, 2.45) is 0 Å². The van der Waals surface area contributed by atoms with Crippen molar-refractivity contribution in [1.29, 1.82) is 0 Å². The van der Waals surface area contributed by atoms with E-state index in [0.29, 0.717) is 15.7 Å². The number of halogens is 1. The Morgan fingerprint density at radius 3 is 2.52 bits per heavy atom. The van der Waals surface area contributed by atoms with Crippen LogP contribution in [0.2, 0.25) is 0 Å². The van der Waals surface area contributed by atoms with Crippen LogP contribution in [-0.4, -0.2) is 22.8 Å². The summed E-state index contributed by atoms with van der Waals surface area (Å²) in [6, 6.07) is 11.0. The summed E-state index contributed by atoms with van der Waals surface area (Å²) in [5.74, 6) is -0.776. The minimum atomic E-state index is -0.572. The van der Waals surface area contributed by atoms with Crippen LogP contribution in [0.15, 0.2) is 46.9 Å². The zero-order valence-electron chi connectivity index (χ0n) is 13.0. The van der Waals surface area contributed by atoms with E-state index in [1.54, 1.807) is 24.3 Å². The highest BCUT2D eigenvalue weighted by atomic mass is 79.9. The van der Waals surface area contributed by atoms with Crippen molar-refractivity contribution in [3.05, 3.63) is 68.2 Å². The molecule has 0 spiro atoms. The Balaban J connectivity index is 1.82. The molecule has 0 heterocycles. The minimum absolute atomic E-state index is 0.132. The average molecular weight is 404 g/mol. The number of hydrogen-bond donors (Lipinski definition) is 2. The van der Waals surface area contributed by atoms with Crippen molar-refractivity contribution in [3.8, 4) is 0 Å². The number of carbonyl (C=O) groups excluding carboxylic acids is 2. The van der Waals surface area contributed by atoms with Gasteiger partial charge < -0.3 is 10.6 Å². The Morgan fingerprint density at radius 2 is 1.84 bits per heavy atom. The summed E-state index contributed by atoms with van der Waals surface area (Å²) in [4.78, 5) is 35.1. The topological polar surface area (TPSA) is 101 Å². The Morgan fingerprint density at radius 1 is 1.12 bits per heavy atom. The normalized spacial score (nSPS) is 13.2. The first-order valence-corrected chi connectivity index (χ1v) is 8.40. The minimum Gasteiger partial charge on any atom is -0.349 e. The van der Waals surface area contributed by atoms with E-state index < -0.39 is 10.8 Å². The summed E-state index contributed by atoms with van der Waals surface area (Å²) in [7, 11) is 0. The van der Waals surface area contributed by atoms with Crippen molar-refractivity contribution in [3.63, 3.8) is 0 Å². The molecule has 0 aliphatic heterocycles. The Kier molecular flexibility index (Phi) is 4.80. The number of nitro benzene ring substituents is 1. The predicted molar refractivity (Wildman–Crippen MR) is 95.7 cm³/mol. The van der Waals surface area contributed by atoms with Gasteiger partial charge in [0.25, 0.3) is 17.5 Å². The first-order chi connectivity index (χ1) is 12.0. The van der Waals surface area contributed by atoms with E-state index in [1.165, 1.54) is 18.2 Å². The van der Waals surface area contributed by atoms with Crippen molar-refractivity contribution < 1.29 is 14.5 Å². The summed E-state index contributed by atoms with van der Waals surface area (Å²) >= 11 is 3.08. The first-order valence-electron chi connectivity index (χ1n) is 7.61. The number of nitro groups is 1. The molecular weight excluding hydrogens is 390 g/mol. The van der Waals surface area contributed by atoms with Crippen LogP contribution in [0.25, 0.3) is 0 Å². The molecular formula is C17H14BrN3O4. The van der Waals surface area contributed by atoms with E-state index in [9.17, 15) is 19.7 Å². The maximum absolute atomic E-state index is 12.4. The Bertz CT molecular complexity index is 865. The third-order valence-electron chi connectivity index (χ3n) is 3.74. The number of anilines is 1. The third kappa shape index (κ3) is 4.03. The van der Waals surface area contributed by atoms with Crippen LogP contribution in [0.3, 0.4) is 0 Å². The van der Waals surface area contributed by atoms with Gasteiger partial charge in [0, 0.05) is 17.7 Å². The van der Waals surface area contributed by atoms with Gasteiger partial charge >= 0.3 is 0 Å². The highest BCUT2D eigenvalue weighted by molar-refractivity contribution is 9.10. The van der Waals surface area contributed by atoms with Gasteiger partial charge in [-0.15, -0.1) is 0 Å². The van der Waals surface area contributed by atoms with E-state index in [2.05, 4.69) is 26.6 Å². The molecule has 25 heavy (non-hydrogen) atoms. The third-order valence-corrected chi connectivity index (χ3v) is 4.41. The molecule has 0 radical (unpaired) electrons. The van der Waals surface area contributed by atoms with Crippen LogP contribution in [0.1, 0.15) is 33.6 Å². The number of nitrogens with one attached hydrogen (secondary N) is 2. The van der Waals surface area contributed by atoms with E-state index in [4.69, 9.17) is 0 Å². The fourth-order valence-corrected chi connectivity index (χ4v) is 2.66. The predicted octanol–water partition coefficient (Wildman–Crippen LogP) is 3.50. The molecule has 2 N–H and O–H groups in total. The lowest BCUT2D eigenvalue weighted by molar-refractivity contribution is -0.385. The van der Waals surface area contributed by atoms with Crippen LogP contribution in [0.4, 0.5) is 11.4 Å². The van der Waals surface area contributed by atoms with Crippen molar-refractivity contribution in [2.75, 3.05) is 5.32 Å². The maximum Gasteiger partial charge on any atom is 0.284 e. The fourth-order valence-electron chi connectivity index (χ4n) is 2.27. The molecule has 0 unspecified atom stereocenters. The van der Waals surface area contributed by atoms with E-state index in [0.717, 1.165) is 12.8 Å². The molecule has 2 amide bonds. The molecule has 2 aromatic carbocycles. The number of para-hydroxylation sites is 1. The zero-order valence-corrected chi connectivity index (χ0v) is 14.6. The molecule has 1 fully saturated rings. The van der Waals surface area contributed by atoms with Gasteiger partial charge in [-0.2, -0.15) is 0 Å². The Labute approximate surface area is 151 Å². The van der Waals surface area contributed by atoms with Crippen molar-refractivity contribution >= 4 is 39.1 Å². The standard InChI is InChI=1S/C17H14BrN3O4/c18-13-8-5-10(9-15(13)21(24)25)16(22)20-14-4-2-1-3-12(14)17(23)19-11-6-7-11/h1-5,8-9,11H,6-7H2,(H,19,23)(H,20,22). The van der Waals surface area contributed by atoms with Gasteiger partial charge in [0.15, 0.2) is 0 Å². The molecule has 0 aromatic heterocycles. The van der Waals surface area contributed by atoms with Crippen LogP contribution in [-0.2, 0) is 0 Å². The summed E-state index contributed by atoms with van der Waals surface area (Å²) in [6.07, 6.45) is 1.92. The van der Waals surface area contributed by atoms with E-state index >= 15 is 0 Å². The largest absolute Gasteiger partial charge is 0.349 e. The number of amides is 2. The van der Waals surface area contributed by atoms with E-state index in [-0.39, 0.29) is 23.2 Å². The summed E-state index contributed by atoms with van der Waals surface area (Å²) in [5.41, 5.74) is 0.644. The number of nitrogens with zero attached hydrogens (tertiary/aromatic N) is 1. The molecule has 0 atom stereocenters. The van der Waals surface area contributed by atoms with Gasteiger partial charge in [0.1, 0.15) is 0 Å². The van der Waals surface area contributed by atoms with Gasteiger partial charge in [-0.1, -0.05) is 12.1 Å². The molecule has 8 heteroatoms. The molecule has 0 saturated heterocycles. The lowest BCUT2D eigenvalue weighted by Crippen LogP contribution is -2.27. The van der Waals surface area contributed by atoms with Crippen molar-refractivity contribution in [2.45, 2.75) is 18.9 Å². The summed E-state index contributed by atoms with van der Waals surface area (Å²) < 4.78 is 0.290. The van der Waals surface area contributed by atoms with Crippen molar-refractivity contribution in [1.82, 2.24) is 5.32 Å². The maximum atomic E-state index is 12.4. The molecule has 2 aromatic rings. The summed E-state index contributed by atoms with van der Waals surface area (Å²) in [5, 5.41) is 16.5. The number of benzene rings is 2. The zero-order chi connectivity index (χ0) is 18.0. The molecule has 128 valence electrons. The van der Waals surface area contributed by atoms with Gasteiger partial charge in [-0.05, 0) is 53.0 Å². The monoisotopic (exact) mass is 403 g/mol. The molecule has 1 aliphatic rings. The summed E-state index contributed by atoms with van der Waals surface area (Å²) in [6.45, 7) is 0. The Hall–Kier alpha value is -2.74. The highest BCUT2D eigenvalue weighted by Crippen LogP contribution is 2.26. The number of rotatable bonds is 5. The second kappa shape index (κ2) is 7.02. The number of carbonyl (C=O) groups is 2. The van der Waals surface area contributed by atoms with Crippen LogP contribution in [0.5, 0.6) is 0 Å². The first kappa shape index (κ1) is 17.1. The van der Waals surface area contributed by atoms with Gasteiger partial charge in [0.05, 0.1) is 20.6 Å². The van der Waals surface area contributed by atoms with Gasteiger partial charge in [0.2, 0.25) is 0 Å². The lowest BCUT2D eigenvalue weighted by atomic mass is 10.1. The second-order valence-corrected chi connectivity index (χ2v) is 6.53. The number of hydrogen-bond acceptors (Lipinski definition) is 4. The highest BCUT2D eigenvalue weighted by Gasteiger charge is 2.25. The quantitative estimate of drug-likeness (QED) is 0.588. The average Bonchev–Trinajstić information content (AvgIpc) is 3.39. The molecule has 1 saturated carbocycles. The molecule has 7 nitrogen and oxygen atoms in total. The second-order valence-electron chi connectivity index (χ2n) is 5.67. The van der Waals surface area contributed by atoms with Crippen LogP contribution >= 0.6 is 15.9 Å². The molecule has 1 aliphatic carbocycles. The van der Waals surface area contributed by atoms with Gasteiger partial charge in [-0.25, -0.2) is 0 Å². The van der Waals surface area contributed by atoms with Crippen LogP contribution < -0.4 is 10.6 Å². The lowest BCUT2D eigenvalue weighted by Gasteiger charge is -2.11. The fraction of sp³-hybridized carbons (Fsp3) is 0.176. The molecule has 0 bridgehead atoms. The smallest absolute Gasteiger partial charge is 0.284 e. The van der Waals surface area contributed by atoms with Crippen LogP contribution in [0, 0.1) is 10.1 Å². The molecule has 3 rings (SSSR count). The SMILES string of the molecule is O=C(Nc1ccccc1C(=O)NC1CC1)c1ccc(Br)c([N+](=O)[O-])c1.